The Hall–Kier alpha value is 0.0774. The van der Waals surface area contributed by atoms with Crippen LogP contribution in [0.2, 0.25) is 0 Å². The maximum atomic E-state index is 2.34. The zero-order valence-electron chi connectivity index (χ0n) is 8.29. The van der Waals surface area contributed by atoms with E-state index in [1.165, 1.54) is 25.7 Å². The van der Waals surface area contributed by atoms with Crippen LogP contribution in [0.25, 0.3) is 0 Å². The number of hydrogen-bond donors (Lipinski definition) is 0. The van der Waals surface area contributed by atoms with Gasteiger partial charge in [-0.25, -0.2) is 0 Å². The number of hydrogen-bond acceptors (Lipinski definition) is 0. The molecule has 0 spiro atoms. The van der Waals surface area contributed by atoms with Gasteiger partial charge in [0.25, 0.3) is 0 Å². The molecule has 2 aliphatic rings. The largest absolute Gasteiger partial charge is 1.00 e. The molecule has 11 heavy (non-hydrogen) atoms. The van der Waals surface area contributed by atoms with Gasteiger partial charge < -0.3 is 1.43 Å². The summed E-state index contributed by atoms with van der Waals surface area (Å²) < 4.78 is 0. The summed E-state index contributed by atoms with van der Waals surface area (Å²) in [6.45, 7) is 0. The van der Waals surface area contributed by atoms with Crippen LogP contribution in [-0.2, 0) is 0 Å². The van der Waals surface area contributed by atoms with E-state index in [2.05, 4.69) is 24.3 Å². The van der Waals surface area contributed by atoms with Gasteiger partial charge in [-0.15, -0.1) is 0 Å². The average molecular weight is 142 g/mol. The second-order valence-electron chi connectivity index (χ2n) is 3.39. The quantitative estimate of drug-likeness (QED) is 0.453. The molecule has 0 radical (unpaired) electrons. The Morgan fingerprint density at radius 3 is 2.09 bits per heavy atom. The maximum absolute atomic E-state index is 2.34. The molecule has 0 amide bonds. The predicted octanol–water partition coefficient (Wildman–Crippen LogP) is 0.0353. The Bertz CT molecular complexity index is 157. The summed E-state index contributed by atoms with van der Waals surface area (Å²) in [5.41, 5.74) is 0. The Kier molecular flexibility index (Phi) is 3.49. The third-order valence-corrected chi connectivity index (χ3v) is 2.72. The van der Waals surface area contributed by atoms with Gasteiger partial charge in [-0.2, -0.15) is 0 Å². The maximum Gasteiger partial charge on any atom is 1.00 e. The van der Waals surface area contributed by atoms with E-state index < -0.39 is 0 Å². The molecular weight excluding hydrogens is 127 g/mol. The van der Waals surface area contributed by atoms with Crippen molar-refractivity contribution in [1.82, 2.24) is 0 Å². The summed E-state index contributed by atoms with van der Waals surface area (Å²) in [6, 6.07) is 0. The molecule has 2 aliphatic carbocycles. The van der Waals surface area contributed by atoms with Crippen LogP contribution < -0.4 is 18.9 Å². The number of rotatable bonds is 1. The van der Waals surface area contributed by atoms with Gasteiger partial charge in [0, 0.05) is 0 Å². The summed E-state index contributed by atoms with van der Waals surface area (Å²) in [7, 11) is 0. The van der Waals surface area contributed by atoms with Crippen molar-refractivity contribution < 1.29 is 20.3 Å². The van der Waals surface area contributed by atoms with Crippen molar-refractivity contribution in [2.24, 2.45) is 11.8 Å². The molecule has 0 atom stereocenters. The fraction of sp³-hybridized carbons (Fsp3) is 0.600. The van der Waals surface area contributed by atoms with E-state index in [0.717, 1.165) is 11.8 Å². The molecule has 2 rings (SSSR count). The van der Waals surface area contributed by atoms with E-state index in [-0.39, 0.29) is 20.3 Å². The SMILES string of the molecule is C1=CC(C2CCCC2)C=C1.[H-].[Li+]. The first-order valence-electron chi connectivity index (χ1n) is 4.32. The van der Waals surface area contributed by atoms with Crippen LogP contribution >= 0.6 is 0 Å². The van der Waals surface area contributed by atoms with Crippen LogP contribution in [0.1, 0.15) is 27.1 Å². The first-order valence-corrected chi connectivity index (χ1v) is 4.32. The van der Waals surface area contributed by atoms with Crippen LogP contribution in [0.4, 0.5) is 0 Å². The topological polar surface area (TPSA) is 0 Å². The summed E-state index contributed by atoms with van der Waals surface area (Å²) in [6.07, 6.45) is 14.9. The van der Waals surface area contributed by atoms with E-state index in [1.54, 1.807) is 0 Å². The summed E-state index contributed by atoms with van der Waals surface area (Å²) in [5, 5.41) is 0. The molecule has 0 aromatic rings. The molecule has 56 valence electrons. The van der Waals surface area contributed by atoms with E-state index >= 15 is 0 Å². The van der Waals surface area contributed by atoms with Crippen molar-refractivity contribution in [3.63, 3.8) is 0 Å². The van der Waals surface area contributed by atoms with Crippen molar-refractivity contribution in [1.29, 1.82) is 0 Å². The zero-order chi connectivity index (χ0) is 6.81. The Labute approximate surface area is 82.4 Å². The molecule has 1 saturated carbocycles. The Morgan fingerprint density at radius 2 is 1.55 bits per heavy atom. The first-order chi connectivity index (χ1) is 4.97. The molecule has 0 heterocycles. The van der Waals surface area contributed by atoms with Crippen molar-refractivity contribution in [2.75, 3.05) is 0 Å². The van der Waals surface area contributed by atoms with Gasteiger partial charge in [0.2, 0.25) is 0 Å². The molecule has 0 bridgehead atoms. The molecule has 0 saturated heterocycles. The normalized spacial score (nSPS) is 24.4. The average Bonchev–Trinajstić information content (AvgIpc) is 2.59. The predicted molar refractivity (Wildman–Crippen MR) is 44.8 cm³/mol. The van der Waals surface area contributed by atoms with Gasteiger partial charge in [0.05, 0.1) is 0 Å². The van der Waals surface area contributed by atoms with E-state index in [0.29, 0.717) is 0 Å². The van der Waals surface area contributed by atoms with Gasteiger partial charge >= 0.3 is 18.9 Å². The number of allylic oxidation sites excluding steroid dienone is 4. The monoisotopic (exact) mass is 142 g/mol. The molecule has 0 aromatic heterocycles. The molecular formula is C10H15Li. The van der Waals surface area contributed by atoms with Crippen molar-refractivity contribution >= 4 is 0 Å². The van der Waals surface area contributed by atoms with Crippen LogP contribution in [0, 0.1) is 11.8 Å². The van der Waals surface area contributed by atoms with E-state index in [9.17, 15) is 0 Å². The van der Waals surface area contributed by atoms with Crippen molar-refractivity contribution in [3.05, 3.63) is 24.3 Å². The molecule has 0 unspecified atom stereocenters. The molecule has 0 nitrogen and oxygen atoms in total. The first kappa shape index (κ1) is 9.17. The smallest absolute Gasteiger partial charge is 1.00 e. The molecule has 1 fully saturated rings. The second kappa shape index (κ2) is 4.19. The van der Waals surface area contributed by atoms with Gasteiger partial charge in [-0.3, -0.25) is 0 Å². The fourth-order valence-corrected chi connectivity index (χ4v) is 2.11. The second-order valence-corrected chi connectivity index (χ2v) is 3.39. The minimum Gasteiger partial charge on any atom is -1.00 e. The molecule has 0 aliphatic heterocycles. The van der Waals surface area contributed by atoms with Crippen molar-refractivity contribution in [2.45, 2.75) is 25.7 Å². The molecule has 0 aromatic carbocycles. The summed E-state index contributed by atoms with van der Waals surface area (Å²) in [4.78, 5) is 0. The van der Waals surface area contributed by atoms with Crippen LogP contribution in [0.3, 0.4) is 0 Å². The van der Waals surface area contributed by atoms with Crippen LogP contribution in [0.5, 0.6) is 0 Å². The summed E-state index contributed by atoms with van der Waals surface area (Å²) >= 11 is 0. The minimum absolute atomic E-state index is 0. The zero-order valence-corrected chi connectivity index (χ0v) is 7.29. The third-order valence-electron chi connectivity index (χ3n) is 2.72. The van der Waals surface area contributed by atoms with Crippen LogP contribution in [-0.4, -0.2) is 0 Å². The Balaban J connectivity index is 0.000000605. The van der Waals surface area contributed by atoms with E-state index in [4.69, 9.17) is 0 Å². The molecule has 1 heteroatoms. The fourth-order valence-electron chi connectivity index (χ4n) is 2.11. The summed E-state index contributed by atoms with van der Waals surface area (Å²) in [5.74, 6) is 1.78. The molecule has 0 N–H and O–H groups in total. The van der Waals surface area contributed by atoms with Gasteiger partial charge in [-0.05, 0) is 24.7 Å². The van der Waals surface area contributed by atoms with Crippen molar-refractivity contribution in [3.8, 4) is 0 Å². The van der Waals surface area contributed by atoms with Gasteiger partial charge in [0.15, 0.2) is 0 Å². The van der Waals surface area contributed by atoms with Crippen LogP contribution in [0.15, 0.2) is 24.3 Å². The Morgan fingerprint density at radius 1 is 1.00 bits per heavy atom. The third kappa shape index (κ3) is 2.01. The minimum atomic E-state index is 0. The van der Waals surface area contributed by atoms with Gasteiger partial charge in [0.1, 0.15) is 0 Å². The van der Waals surface area contributed by atoms with Gasteiger partial charge in [-0.1, -0.05) is 37.1 Å². The van der Waals surface area contributed by atoms with E-state index in [1.807, 2.05) is 0 Å². The standard InChI is InChI=1S/C10H14.Li.H/c1-2-6-9(5-1)10-7-3-4-8-10;;/h1-2,5-6,9-10H,3-4,7-8H2;;/q;+1;-1.